The van der Waals surface area contributed by atoms with Crippen LogP contribution in [0.1, 0.15) is 46.5 Å². The third kappa shape index (κ3) is 3.65. The fourth-order valence-corrected chi connectivity index (χ4v) is 6.47. The van der Waals surface area contributed by atoms with E-state index in [4.69, 9.17) is 16.3 Å². The molecule has 0 N–H and O–H groups in total. The lowest BCUT2D eigenvalue weighted by Crippen LogP contribution is -2.31. The molecule has 0 spiro atoms. The first kappa shape index (κ1) is 21.3. The van der Waals surface area contributed by atoms with Gasteiger partial charge in [-0.25, -0.2) is 9.88 Å². The van der Waals surface area contributed by atoms with Crippen molar-refractivity contribution >= 4 is 68.4 Å². The lowest BCUT2D eigenvalue weighted by molar-refractivity contribution is -0.145. The lowest BCUT2D eigenvalue weighted by Gasteiger charge is -2.19. The maximum Gasteiger partial charge on any atom is 0.322 e. The molecule has 1 aliphatic heterocycles. The van der Waals surface area contributed by atoms with Crippen molar-refractivity contribution in [3.05, 3.63) is 28.3 Å². The van der Waals surface area contributed by atoms with Crippen LogP contribution in [0.4, 0.5) is 5.69 Å². The number of halogens is 1. The van der Waals surface area contributed by atoms with Gasteiger partial charge >= 0.3 is 5.97 Å². The molecule has 4 rings (SSSR count). The van der Waals surface area contributed by atoms with Crippen molar-refractivity contribution in [1.29, 1.82) is 0 Å². The largest absolute Gasteiger partial charge is 0.465 e. The first-order valence-corrected chi connectivity index (χ1v) is 11.8. The van der Waals surface area contributed by atoms with E-state index in [-0.39, 0.29) is 17.8 Å². The third-order valence-corrected chi connectivity index (χ3v) is 7.74. The van der Waals surface area contributed by atoms with Crippen LogP contribution in [-0.4, -0.2) is 34.1 Å². The summed E-state index contributed by atoms with van der Waals surface area (Å²) >= 11 is 9.20. The molecular formula is C21H21ClN2O4S2. The molecule has 1 aromatic carbocycles. The third-order valence-electron chi connectivity index (χ3n) is 5.18. The molecule has 0 fully saturated rings. The van der Waals surface area contributed by atoms with Crippen molar-refractivity contribution in [3.63, 3.8) is 0 Å². The van der Waals surface area contributed by atoms with E-state index in [1.165, 1.54) is 28.0 Å². The van der Waals surface area contributed by atoms with E-state index in [2.05, 4.69) is 4.98 Å². The summed E-state index contributed by atoms with van der Waals surface area (Å²) in [6.07, 6.45) is 3.11. The van der Waals surface area contributed by atoms with Crippen LogP contribution in [0.2, 0.25) is 5.02 Å². The number of carbonyl (C=O) groups is 3. The van der Waals surface area contributed by atoms with E-state index in [1.807, 2.05) is 0 Å². The molecule has 0 atom stereocenters. The van der Waals surface area contributed by atoms with Gasteiger partial charge in [-0.3, -0.25) is 14.4 Å². The molecule has 0 unspecified atom stereocenters. The van der Waals surface area contributed by atoms with Crippen molar-refractivity contribution < 1.29 is 19.1 Å². The molecule has 0 radical (unpaired) electrons. The average Bonchev–Trinajstić information content (AvgIpc) is 3.19. The van der Waals surface area contributed by atoms with Crippen LogP contribution in [0.25, 0.3) is 10.2 Å². The molecule has 0 bridgehead atoms. The number of ether oxygens (including phenoxy) is 1. The van der Waals surface area contributed by atoms with Crippen LogP contribution in [0, 0.1) is 0 Å². The Morgan fingerprint density at radius 1 is 1.23 bits per heavy atom. The van der Waals surface area contributed by atoms with Gasteiger partial charge < -0.3 is 4.74 Å². The number of hydrogen-bond acceptors (Lipinski definition) is 7. The lowest BCUT2D eigenvalue weighted by atomic mass is 9.93. The molecule has 6 nitrogen and oxygen atoms in total. The van der Waals surface area contributed by atoms with Crippen LogP contribution >= 0.6 is 34.7 Å². The molecule has 1 aliphatic carbocycles. The first-order chi connectivity index (χ1) is 14.2. The van der Waals surface area contributed by atoms with Gasteiger partial charge in [-0.1, -0.05) is 23.4 Å². The Hall–Kier alpha value is -1.90. The normalized spacial score (nSPS) is 17.1. The second-order valence-corrected chi connectivity index (χ2v) is 11.0. The topological polar surface area (TPSA) is 76.6 Å². The number of rotatable bonds is 5. The number of anilines is 1. The number of thioether (sulfide) groups is 1. The van der Waals surface area contributed by atoms with E-state index in [1.54, 1.807) is 32.9 Å². The second-order valence-electron chi connectivity index (χ2n) is 7.69. The molecule has 2 heterocycles. The van der Waals surface area contributed by atoms with Crippen molar-refractivity contribution in [2.75, 3.05) is 11.5 Å². The molecule has 2 aromatic rings. The maximum atomic E-state index is 12.9. The van der Waals surface area contributed by atoms with E-state index in [0.29, 0.717) is 51.2 Å². The highest BCUT2D eigenvalue weighted by Crippen LogP contribution is 2.43. The van der Waals surface area contributed by atoms with Crippen molar-refractivity contribution in [2.45, 2.75) is 55.5 Å². The Morgan fingerprint density at radius 3 is 2.47 bits per heavy atom. The van der Waals surface area contributed by atoms with Gasteiger partial charge in [-0.15, -0.1) is 11.3 Å². The number of fused-ring (bicyclic) bond motifs is 1. The van der Waals surface area contributed by atoms with Gasteiger partial charge in [0.25, 0.3) is 11.8 Å². The minimum atomic E-state index is -0.791. The first-order valence-electron chi connectivity index (χ1n) is 9.80. The Balaban J connectivity index is 1.66. The number of hydrogen-bond donors (Lipinski definition) is 0. The van der Waals surface area contributed by atoms with Gasteiger partial charge in [0, 0.05) is 11.1 Å². The number of imide groups is 1. The number of aromatic nitrogens is 1. The molecule has 1 aromatic heterocycles. The molecule has 2 amide bonds. The zero-order chi connectivity index (χ0) is 21.6. The summed E-state index contributed by atoms with van der Waals surface area (Å²) in [5.74, 6) is -0.855. The maximum absolute atomic E-state index is 12.9. The van der Waals surface area contributed by atoms with Gasteiger partial charge in [0.05, 0.1) is 27.5 Å². The number of carbonyl (C=O) groups excluding carboxylic acids is 3. The van der Waals surface area contributed by atoms with Crippen molar-refractivity contribution in [2.24, 2.45) is 0 Å². The van der Waals surface area contributed by atoms with Crippen molar-refractivity contribution in [1.82, 2.24) is 4.98 Å². The molecule has 30 heavy (non-hydrogen) atoms. The highest BCUT2D eigenvalue weighted by Gasteiger charge is 2.40. The SMILES string of the molecule is CCOC(=O)C(C)(C)Sc1nc2cc(N3C(=O)C4=C(CCCC4)C3=O)c(Cl)cc2s1. The number of thiazole rings is 1. The van der Waals surface area contributed by atoms with Gasteiger partial charge in [0.1, 0.15) is 4.75 Å². The predicted octanol–water partition coefficient (Wildman–Crippen LogP) is 5.13. The molecule has 0 saturated heterocycles. The van der Waals surface area contributed by atoms with Crippen LogP contribution < -0.4 is 4.90 Å². The highest BCUT2D eigenvalue weighted by molar-refractivity contribution is 8.03. The summed E-state index contributed by atoms with van der Waals surface area (Å²) in [4.78, 5) is 43.7. The van der Waals surface area contributed by atoms with Gasteiger partial charge in [-0.05, 0) is 58.6 Å². The Morgan fingerprint density at radius 2 is 1.87 bits per heavy atom. The summed E-state index contributed by atoms with van der Waals surface area (Å²) in [6, 6.07) is 3.41. The van der Waals surface area contributed by atoms with E-state index < -0.39 is 4.75 Å². The van der Waals surface area contributed by atoms with Crippen LogP contribution in [0.5, 0.6) is 0 Å². The summed E-state index contributed by atoms with van der Waals surface area (Å²) in [7, 11) is 0. The Labute approximate surface area is 187 Å². The Kier molecular flexibility index (Phi) is 5.67. The second kappa shape index (κ2) is 7.98. The van der Waals surface area contributed by atoms with Gasteiger partial charge in [0.2, 0.25) is 0 Å². The predicted molar refractivity (Wildman–Crippen MR) is 119 cm³/mol. The number of benzene rings is 1. The number of esters is 1. The summed E-state index contributed by atoms with van der Waals surface area (Å²) in [5, 5.41) is 0.328. The van der Waals surface area contributed by atoms with E-state index in [9.17, 15) is 14.4 Å². The standard InChI is InChI=1S/C21H21ClN2O4S2/c1-4-28-19(27)21(2,3)30-20-23-14-10-15(13(22)9-16(14)29-20)24-17(25)11-7-5-6-8-12(11)18(24)26/h9-10H,4-8H2,1-3H3. The van der Waals surface area contributed by atoms with E-state index in [0.717, 1.165) is 17.5 Å². The quantitative estimate of drug-likeness (QED) is 0.347. The summed E-state index contributed by atoms with van der Waals surface area (Å²) < 4.78 is 5.86. The highest BCUT2D eigenvalue weighted by atomic mass is 35.5. The van der Waals surface area contributed by atoms with Gasteiger partial charge in [0.15, 0.2) is 4.34 Å². The monoisotopic (exact) mass is 464 g/mol. The molecule has 0 saturated carbocycles. The minimum absolute atomic E-state index is 0.274. The molecule has 158 valence electrons. The van der Waals surface area contributed by atoms with Gasteiger partial charge in [-0.2, -0.15) is 0 Å². The van der Waals surface area contributed by atoms with Crippen LogP contribution in [0.3, 0.4) is 0 Å². The fourth-order valence-electron chi connectivity index (χ4n) is 3.66. The smallest absolute Gasteiger partial charge is 0.322 e. The molecular weight excluding hydrogens is 444 g/mol. The zero-order valence-electron chi connectivity index (χ0n) is 16.9. The van der Waals surface area contributed by atoms with Crippen molar-refractivity contribution in [3.8, 4) is 0 Å². The number of amides is 2. The summed E-state index contributed by atoms with van der Waals surface area (Å²) in [6.45, 7) is 5.67. The average molecular weight is 465 g/mol. The van der Waals surface area contributed by atoms with Crippen LogP contribution in [0.15, 0.2) is 27.6 Å². The molecule has 2 aliphatic rings. The Bertz CT molecular complexity index is 1080. The van der Waals surface area contributed by atoms with E-state index >= 15 is 0 Å². The fraction of sp³-hybridized carbons (Fsp3) is 0.429. The zero-order valence-corrected chi connectivity index (χ0v) is 19.3. The van der Waals surface area contributed by atoms with Crippen LogP contribution in [-0.2, 0) is 19.1 Å². The number of nitrogens with zero attached hydrogens (tertiary/aromatic N) is 2. The summed E-state index contributed by atoms with van der Waals surface area (Å²) in [5.41, 5.74) is 2.23. The molecule has 9 heteroatoms. The minimum Gasteiger partial charge on any atom is -0.465 e.